The Morgan fingerprint density at radius 2 is 1.02 bits per heavy atom. The Hall–Kier alpha value is -4.30. The summed E-state index contributed by atoms with van der Waals surface area (Å²) in [4.78, 5) is 2.40. The van der Waals surface area contributed by atoms with Gasteiger partial charge < -0.3 is 10.6 Å². The van der Waals surface area contributed by atoms with Crippen LogP contribution in [0.3, 0.4) is 0 Å². The molecule has 0 radical (unpaired) electrons. The van der Waals surface area contributed by atoms with E-state index in [-0.39, 0.29) is 16.2 Å². The van der Waals surface area contributed by atoms with E-state index < -0.39 is 0 Å². The fraction of sp³-hybridized carbons (Fsp3) is 0.286. The molecule has 0 atom stereocenters. The minimum Gasteiger partial charge on any atom is -0.398 e. The van der Waals surface area contributed by atoms with Crippen molar-refractivity contribution in [2.45, 2.75) is 78.6 Å². The van der Waals surface area contributed by atoms with Gasteiger partial charge in [0, 0.05) is 33.7 Å². The normalized spacial score (nSPS) is 13.8. The molecule has 0 unspecified atom stereocenters. The Labute approximate surface area is 264 Å². The molecule has 0 saturated carbocycles. The first kappa shape index (κ1) is 29.8. The Bertz CT molecular complexity index is 1790. The molecule has 0 bridgehead atoms. The molecule has 0 saturated heterocycles. The highest BCUT2D eigenvalue weighted by atomic mass is 15.1. The molecular formula is C42H46N2. The standard InChI is InChI=1S/C42H46N2/c1-27-24-36-33-23-22-32(25-37(33)42(8,9)38(36)26-35(27)34-12-10-11-13-39(34)43)44(30-18-14-28(15-19-30)40(2,3)4)31-20-16-29(17-21-31)41(5,6)7/h10-26H,43H2,1-9H3. The quantitative estimate of drug-likeness (QED) is 0.215. The SMILES string of the molecule is Cc1cc2c(cc1-c1ccccc1N)C(C)(C)c1cc(N(c3ccc(C(C)(C)C)cc3)c3ccc(C(C)(C)C)cc3)ccc1-2. The summed E-state index contributed by atoms with van der Waals surface area (Å²) in [5, 5.41) is 0. The fourth-order valence-corrected chi connectivity index (χ4v) is 6.72. The Kier molecular flexibility index (Phi) is 7.04. The van der Waals surface area contributed by atoms with Gasteiger partial charge in [-0.05, 0) is 111 Å². The molecule has 224 valence electrons. The second-order valence-corrected chi connectivity index (χ2v) is 15.1. The van der Waals surface area contributed by atoms with Crippen molar-refractivity contribution in [3.63, 3.8) is 0 Å². The summed E-state index contributed by atoms with van der Waals surface area (Å²) in [6.45, 7) is 20.5. The maximum Gasteiger partial charge on any atom is 0.0465 e. The zero-order valence-corrected chi connectivity index (χ0v) is 27.8. The zero-order valence-electron chi connectivity index (χ0n) is 27.8. The molecule has 0 amide bonds. The van der Waals surface area contributed by atoms with Gasteiger partial charge in [0.1, 0.15) is 0 Å². The highest BCUT2D eigenvalue weighted by molar-refractivity contribution is 5.89. The summed E-state index contributed by atoms with van der Waals surface area (Å²) < 4.78 is 0. The summed E-state index contributed by atoms with van der Waals surface area (Å²) >= 11 is 0. The van der Waals surface area contributed by atoms with Crippen LogP contribution < -0.4 is 10.6 Å². The van der Waals surface area contributed by atoms with Gasteiger partial charge >= 0.3 is 0 Å². The van der Waals surface area contributed by atoms with Crippen molar-refractivity contribution in [3.8, 4) is 22.3 Å². The summed E-state index contributed by atoms with van der Waals surface area (Å²) in [6.07, 6.45) is 0. The van der Waals surface area contributed by atoms with Crippen molar-refractivity contribution in [1.29, 1.82) is 0 Å². The molecule has 5 aromatic carbocycles. The molecule has 44 heavy (non-hydrogen) atoms. The Morgan fingerprint density at radius 3 is 1.55 bits per heavy atom. The van der Waals surface area contributed by atoms with Crippen LogP contribution in [-0.2, 0) is 16.2 Å². The summed E-state index contributed by atoms with van der Waals surface area (Å²) in [5.74, 6) is 0. The molecule has 2 heteroatoms. The topological polar surface area (TPSA) is 29.3 Å². The molecular weight excluding hydrogens is 532 g/mol. The number of aryl methyl sites for hydroxylation is 1. The lowest BCUT2D eigenvalue weighted by atomic mass is 9.80. The summed E-state index contributed by atoms with van der Waals surface area (Å²) in [7, 11) is 0. The van der Waals surface area contributed by atoms with Gasteiger partial charge in [0.05, 0.1) is 0 Å². The van der Waals surface area contributed by atoms with Crippen LogP contribution in [-0.4, -0.2) is 0 Å². The van der Waals surface area contributed by atoms with Crippen molar-refractivity contribution in [2.24, 2.45) is 0 Å². The lowest BCUT2D eigenvalue weighted by Crippen LogP contribution is -2.17. The van der Waals surface area contributed by atoms with Gasteiger partial charge in [-0.3, -0.25) is 0 Å². The Balaban J connectivity index is 1.48. The molecule has 2 nitrogen and oxygen atoms in total. The molecule has 0 aliphatic heterocycles. The number of para-hydroxylation sites is 1. The van der Waals surface area contributed by atoms with Gasteiger partial charge in [-0.1, -0.05) is 110 Å². The lowest BCUT2D eigenvalue weighted by molar-refractivity contribution is 0.590. The van der Waals surface area contributed by atoms with Crippen molar-refractivity contribution in [2.75, 3.05) is 10.6 Å². The molecule has 0 aromatic heterocycles. The van der Waals surface area contributed by atoms with Gasteiger partial charge in [0.25, 0.3) is 0 Å². The van der Waals surface area contributed by atoms with Gasteiger partial charge in [-0.25, -0.2) is 0 Å². The van der Waals surface area contributed by atoms with Crippen molar-refractivity contribution in [1.82, 2.24) is 0 Å². The predicted octanol–water partition coefficient (Wildman–Crippen LogP) is 11.6. The van der Waals surface area contributed by atoms with Crippen LogP contribution in [0, 0.1) is 6.92 Å². The molecule has 5 aromatic rings. The molecule has 0 fully saturated rings. The van der Waals surface area contributed by atoms with E-state index in [1.54, 1.807) is 0 Å². The first-order valence-electron chi connectivity index (χ1n) is 15.8. The lowest BCUT2D eigenvalue weighted by Gasteiger charge is -2.29. The van der Waals surface area contributed by atoms with E-state index in [1.165, 1.54) is 50.2 Å². The average Bonchev–Trinajstić information content (AvgIpc) is 3.18. The second-order valence-electron chi connectivity index (χ2n) is 15.1. The number of benzene rings is 5. The minimum absolute atomic E-state index is 0.0997. The van der Waals surface area contributed by atoms with E-state index in [9.17, 15) is 0 Å². The number of hydrogen-bond acceptors (Lipinski definition) is 2. The van der Waals surface area contributed by atoms with E-state index >= 15 is 0 Å². The van der Waals surface area contributed by atoms with Crippen LogP contribution in [0.2, 0.25) is 0 Å². The maximum absolute atomic E-state index is 6.44. The monoisotopic (exact) mass is 578 g/mol. The van der Waals surface area contributed by atoms with Gasteiger partial charge in [-0.2, -0.15) is 0 Å². The fourth-order valence-electron chi connectivity index (χ4n) is 6.72. The molecule has 0 spiro atoms. The first-order chi connectivity index (χ1) is 20.7. The van der Waals surface area contributed by atoms with Gasteiger partial charge in [-0.15, -0.1) is 0 Å². The molecule has 1 aliphatic carbocycles. The number of nitrogens with zero attached hydrogens (tertiary/aromatic N) is 1. The largest absolute Gasteiger partial charge is 0.398 e. The van der Waals surface area contributed by atoms with E-state index in [0.717, 1.165) is 22.6 Å². The van der Waals surface area contributed by atoms with Crippen molar-refractivity contribution >= 4 is 22.7 Å². The van der Waals surface area contributed by atoms with Crippen LogP contribution in [0.1, 0.15) is 83.2 Å². The number of rotatable bonds is 4. The number of nitrogen functional groups attached to an aromatic ring is 1. The highest BCUT2D eigenvalue weighted by Crippen LogP contribution is 2.52. The van der Waals surface area contributed by atoms with Crippen molar-refractivity contribution < 1.29 is 0 Å². The third-order valence-corrected chi connectivity index (χ3v) is 9.50. The average molecular weight is 579 g/mol. The van der Waals surface area contributed by atoms with E-state index in [0.29, 0.717) is 0 Å². The molecule has 1 aliphatic rings. The van der Waals surface area contributed by atoms with Crippen molar-refractivity contribution in [3.05, 3.63) is 131 Å². The van der Waals surface area contributed by atoms with Crippen LogP contribution in [0.4, 0.5) is 22.7 Å². The number of hydrogen-bond donors (Lipinski definition) is 1. The predicted molar refractivity (Wildman–Crippen MR) is 191 cm³/mol. The maximum atomic E-state index is 6.44. The van der Waals surface area contributed by atoms with Gasteiger partial charge in [0.2, 0.25) is 0 Å². The summed E-state index contributed by atoms with van der Waals surface area (Å²) in [5.41, 5.74) is 22.3. The number of nitrogens with two attached hydrogens (primary N) is 1. The van der Waals surface area contributed by atoms with Crippen LogP contribution in [0.15, 0.2) is 103 Å². The molecule has 6 rings (SSSR count). The third kappa shape index (κ3) is 5.11. The van der Waals surface area contributed by atoms with Gasteiger partial charge in [0.15, 0.2) is 0 Å². The minimum atomic E-state index is -0.162. The number of anilines is 4. The summed E-state index contributed by atoms with van der Waals surface area (Å²) in [6, 6.07) is 38.1. The second kappa shape index (κ2) is 10.4. The smallest absolute Gasteiger partial charge is 0.0465 e. The third-order valence-electron chi connectivity index (χ3n) is 9.50. The Morgan fingerprint density at radius 1 is 0.523 bits per heavy atom. The van der Waals surface area contributed by atoms with Crippen LogP contribution in [0.5, 0.6) is 0 Å². The molecule has 0 heterocycles. The van der Waals surface area contributed by atoms with E-state index in [4.69, 9.17) is 5.73 Å². The van der Waals surface area contributed by atoms with Crippen LogP contribution >= 0.6 is 0 Å². The number of fused-ring (bicyclic) bond motifs is 3. The zero-order chi connectivity index (χ0) is 31.6. The highest BCUT2D eigenvalue weighted by Gasteiger charge is 2.37. The van der Waals surface area contributed by atoms with E-state index in [2.05, 4.69) is 158 Å². The van der Waals surface area contributed by atoms with E-state index in [1.807, 2.05) is 12.1 Å². The molecule has 2 N–H and O–H groups in total. The van der Waals surface area contributed by atoms with Crippen LogP contribution in [0.25, 0.3) is 22.3 Å². The first-order valence-corrected chi connectivity index (χ1v) is 15.8.